The summed E-state index contributed by atoms with van der Waals surface area (Å²) in [6.07, 6.45) is 9.98. The van der Waals surface area contributed by atoms with Crippen LogP contribution in [0, 0.1) is 13.8 Å². The Labute approximate surface area is 585 Å². The molecule has 0 spiro atoms. The van der Waals surface area contributed by atoms with E-state index in [2.05, 4.69) is 19.0 Å². The van der Waals surface area contributed by atoms with E-state index in [1.165, 1.54) is 79.3 Å². The number of likely N-dealkylation sites (tertiary alicyclic amines) is 2. The maximum absolute atomic E-state index is 14.0. The second kappa shape index (κ2) is 30.0. The predicted octanol–water partition coefficient (Wildman–Crippen LogP) is 10.2. The fourth-order valence-corrected chi connectivity index (χ4v) is 17.5. The van der Waals surface area contributed by atoms with Gasteiger partial charge in [-0.2, -0.15) is 0 Å². The number of piperazine rings is 1. The van der Waals surface area contributed by atoms with Crippen molar-refractivity contribution in [2.24, 2.45) is 0 Å². The van der Waals surface area contributed by atoms with Crippen molar-refractivity contribution in [3.05, 3.63) is 172 Å². The zero-order valence-corrected chi connectivity index (χ0v) is 59.8. The maximum atomic E-state index is 14.0. The first-order valence-corrected chi connectivity index (χ1v) is 37.5. The zero-order valence-electron chi connectivity index (χ0n) is 57.4. The van der Waals surface area contributed by atoms with Crippen LogP contribution in [0.15, 0.2) is 119 Å². The molecule has 3 aliphatic heterocycles. The number of aromatic nitrogens is 3. The standard InChI is InChI=1S/C27H28N2O5S.C26H29N3O3S.C25H26N2O3S/c1-3-16-14-17-23(31)21(26-28-19-10-6-7-11-20(19)35-26)25(27(32)33-4-2)34-24(17)18(22(16)30)15-29-12-8-5-9-13-29;1-4-7-17-14-18-24(31)22(26-27-20-8-5-6-9-21(20)33-26)16(2)32-25(18)19(23(17)30)15-29-12-10-28(3)11-13-29;1-3-16-13-17-23(29)21(25-26-19-9-5-6-10-20(19)31-25)15(2)30-24(17)18(22(16)28)14-27-11-7-4-8-12-27/h6-7,10-11,14,30H,3-5,8-9,12-13,15H2,1-2H3;5-6,8-9,14,30H,4,7,10-13,15H2,1-3H3;5-6,9-10,13,28H,3-4,7-8,11-12,14H2,1-2H3/p+4. The van der Waals surface area contributed by atoms with Gasteiger partial charge in [0.1, 0.15) is 95.2 Å². The van der Waals surface area contributed by atoms with Crippen LogP contribution in [0.2, 0.25) is 0 Å². The molecule has 7 N–H and O–H groups in total. The number of phenolic OH excluding ortho intramolecular Hbond substituents is 3. The van der Waals surface area contributed by atoms with E-state index in [9.17, 15) is 34.5 Å². The lowest BCUT2D eigenvalue weighted by molar-refractivity contribution is -1.01. The van der Waals surface area contributed by atoms with E-state index >= 15 is 0 Å². The molecule has 21 heteroatoms. The maximum Gasteiger partial charge on any atom is 0.375 e. The molecule has 3 saturated heterocycles. The molecule has 15 rings (SSSR count). The average Bonchev–Trinajstić information content (AvgIpc) is 1.65. The van der Waals surface area contributed by atoms with Crippen LogP contribution in [-0.4, -0.2) is 102 Å². The monoisotopic (exact) mass is 1390 g/mol. The number of aromatic hydroxyl groups is 3. The average molecular weight is 1390 g/mol. The Morgan fingerprint density at radius 3 is 1.24 bits per heavy atom. The lowest BCUT2D eigenvalue weighted by Gasteiger charge is -2.28. The molecule has 0 saturated carbocycles. The zero-order chi connectivity index (χ0) is 69.2. The molecule has 514 valence electrons. The third kappa shape index (κ3) is 14.0. The van der Waals surface area contributed by atoms with Crippen molar-refractivity contribution in [2.75, 3.05) is 66.0 Å². The first kappa shape index (κ1) is 68.8. The van der Waals surface area contributed by atoms with Crippen LogP contribution in [0.3, 0.4) is 0 Å². The number of nitrogens with zero attached hydrogens (tertiary/aromatic N) is 3. The minimum atomic E-state index is -0.712. The third-order valence-corrected chi connectivity index (χ3v) is 23.0. The van der Waals surface area contributed by atoms with E-state index in [1.54, 1.807) is 13.0 Å². The molecule has 0 atom stereocenters. The number of carbonyl (C=O) groups excluding carboxylic acids is 1. The number of likely N-dealkylation sites (N-methyl/N-ethyl adjacent to an activating group) is 1. The van der Waals surface area contributed by atoms with Gasteiger partial charge in [0.05, 0.1) is 114 Å². The van der Waals surface area contributed by atoms with Gasteiger partial charge in [-0.25, -0.2) is 19.7 Å². The molecule has 3 aliphatic rings. The summed E-state index contributed by atoms with van der Waals surface area (Å²) in [4.78, 5) is 74.2. The third-order valence-electron chi connectivity index (χ3n) is 19.8. The molecule has 0 bridgehead atoms. The normalized spacial score (nSPS) is 16.2. The van der Waals surface area contributed by atoms with E-state index in [-0.39, 0.29) is 51.3 Å². The number of rotatable bonds is 15. The summed E-state index contributed by atoms with van der Waals surface area (Å²) in [6.45, 7) is 21.9. The highest BCUT2D eigenvalue weighted by atomic mass is 32.1. The fraction of sp³-hybridized carbons (Fsp3) is 0.372. The van der Waals surface area contributed by atoms with Gasteiger partial charge in [-0.05, 0) is 150 Å². The van der Waals surface area contributed by atoms with Crippen molar-refractivity contribution < 1.29 is 57.7 Å². The van der Waals surface area contributed by atoms with Crippen molar-refractivity contribution in [1.29, 1.82) is 0 Å². The van der Waals surface area contributed by atoms with E-state index < -0.39 is 5.97 Å². The number of aryl methyl sites for hydroxylation is 5. The number of nitrogens with one attached hydrogen (secondary N) is 4. The summed E-state index contributed by atoms with van der Waals surface area (Å²) in [5.74, 6) is 0.937. The molecule has 18 nitrogen and oxygen atoms in total. The summed E-state index contributed by atoms with van der Waals surface area (Å²) in [7, 11) is 2.22. The van der Waals surface area contributed by atoms with Gasteiger partial charge in [-0.3, -0.25) is 14.4 Å². The number of ether oxygens (including phenoxy) is 1. The van der Waals surface area contributed by atoms with Crippen LogP contribution < -0.4 is 35.9 Å². The number of hydrogen-bond donors (Lipinski definition) is 7. The minimum Gasteiger partial charge on any atom is -0.507 e. The molecule has 12 aromatic rings. The van der Waals surface area contributed by atoms with Crippen LogP contribution >= 0.6 is 34.0 Å². The van der Waals surface area contributed by atoms with E-state index in [4.69, 9.17) is 28.0 Å². The van der Waals surface area contributed by atoms with Crippen molar-refractivity contribution in [3.63, 3.8) is 0 Å². The number of thiazole rings is 3. The molecule has 0 aliphatic carbocycles. The summed E-state index contributed by atoms with van der Waals surface area (Å²) >= 11 is 4.36. The van der Waals surface area contributed by atoms with Gasteiger partial charge < -0.3 is 52.9 Å². The molecule has 0 unspecified atom stereocenters. The number of phenols is 3. The van der Waals surface area contributed by atoms with Crippen molar-refractivity contribution in [3.8, 4) is 49.0 Å². The molecule has 0 radical (unpaired) electrons. The minimum absolute atomic E-state index is 0.0655. The molecule has 99 heavy (non-hydrogen) atoms. The SMILES string of the molecule is CCCc1cc2c(=O)c(-c3nc4ccccc4s3)c(C)oc2c(C[NH+]2CC[NH+](C)CC2)c1O.CCOC(=O)c1oc2c(C[NH+]3CCCCC3)c(O)c(CC)cc2c(=O)c1-c1nc2ccccc2s1.CCc1cc2c(=O)c(-c3nc4ccccc4s3)c(C)oc2c(C[NH+]2CCCCC2)c1O. The number of benzene rings is 6. The highest BCUT2D eigenvalue weighted by molar-refractivity contribution is 7.22. The highest BCUT2D eigenvalue weighted by Gasteiger charge is 2.32. The molecule has 6 aromatic heterocycles. The summed E-state index contributed by atoms with van der Waals surface area (Å²) in [5, 5.41) is 36.5. The van der Waals surface area contributed by atoms with Crippen LogP contribution in [0.4, 0.5) is 0 Å². The summed E-state index contributed by atoms with van der Waals surface area (Å²) in [5.41, 5.74) is 8.95. The molecular formula is C78H87N7O11S3+4. The quantitative estimate of drug-likeness (QED) is 0.0474. The van der Waals surface area contributed by atoms with Gasteiger partial charge in [-0.15, -0.1) is 34.0 Å². The van der Waals surface area contributed by atoms with E-state index in [0.29, 0.717) is 114 Å². The van der Waals surface area contributed by atoms with Gasteiger partial charge in [0.2, 0.25) is 22.0 Å². The molecule has 3 fully saturated rings. The largest absolute Gasteiger partial charge is 0.507 e. The highest BCUT2D eigenvalue weighted by Crippen LogP contribution is 2.40. The van der Waals surface area contributed by atoms with Crippen LogP contribution in [0.25, 0.3) is 95.3 Å². The second-order valence-electron chi connectivity index (χ2n) is 26.6. The van der Waals surface area contributed by atoms with Crippen LogP contribution in [0.5, 0.6) is 17.2 Å². The van der Waals surface area contributed by atoms with Crippen LogP contribution in [0.1, 0.15) is 128 Å². The van der Waals surface area contributed by atoms with Crippen molar-refractivity contribution in [2.45, 2.75) is 125 Å². The Hall–Kier alpha value is -8.67. The number of piperidine rings is 2. The first-order valence-electron chi connectivity index (χ1n) is 35.1. The van der Waals surface area contributed by atoms with E-state index in [1.807, 2.05) is 113 Å². The molecule has 9 heterocycles. The Morgan fingerprint density at radius 1 is 0.485 bits per heavy atom. The molecule has 0 amide bonds. The second-order valence-corrected chi connectivity index (χ2v) is 29.7. The summed E-state index contributed by atoms with van der Waals surface area (Å²) in [6, 6.07) is 28.7. The van der Waals surface area contributed by atoms with Gasteiger partial charge >= 0.3 is 5.97 Å². The fourth-order valence-electron chi connectivity index (χ4n) is 14.4. The number of para-hydroxylation sites is 3. The number of fused-ring (bicyclic) bond motifs is 6. The Morgan fingerprint density at radius 2 is 0.848 bits per heavy atom. The lowest BCUT2D eigenvalue weighted by Crippen LogP contribution is -3.26. The number of esters is 1. The lowest BCUT2D eigenvalue weighted by atomic mass is 9.98. The van der Waals surface area contributed by atoms with Crippen molar-refractivity contribution >= 4 is 104 Å². The van der Waals surface area contributed by atoms with Gasteiger partial charge in [0, 0.05) is 0 Å². The number of carbonyl (C=O) groups is 1. The topological polar surface area (TPSA) is 234 Å². The van der Waals surface area contributed by atoms with Crippen LogP contribution in [-0.2, 0) is 43.6 Å². The number of hydrogen-bond acceptors (Lipinski definition) is 17. The van der Waals surface area contributed by atoms with Crippen molar-refractivity contribution in [1.82, 2.24) is 15.0 Å². The molecule has 6 aromatic carbocycles. The van der Waals surface area contributed by atoms with Gasteiger partial charge in [0.15, 0.2) is 16.7 Å². The predicted molar refractivity (Wildman–Crippen MR) is 394 cm³/mol. The Balaban J connectivity index is 0.000000134. The smallest absolute Gasteiger partial charge is 0.375 e. The van der Waals surface area contributed by atoms with E-state index in [0.717, 1.165) is 131 Å². The van der Waals surface area contributed by atoms with Gasteiger partial charge in [0.25, 0.3) is 0 Å². The molecular weight excluding hydrogens is 1310 g/mol. The summed E-state index contributed by atoms with van der Waals surface area (Å²) < 4.78 is 27.1. The number of quaternary nitrogens is 4. The Kier molecular flexibility index (Phi) is 20.9. The van der Waals surface area contributed by atoms with Gasteiger partial charge in [-0.1, -0.05) is 63.6 Å². The first-order chi connectivity index (χ1) is 48.0. The Bertz CT molecular complexity index is 5100.